The fraction of sp³-hybridized carbons (Fsp3) is 0.385. The molecule has 0 aliphatic heterocycles. The van der Waals surface area contributed by atoms with Crippen LogP contribution in [0.3, 0.4) is 0 Å². The van der Waals surface area contributed by atoms with Crippen LogP contribution >= 0.6 is 0 Å². The number of rotatable bonds is 6. The lowest BCUT2D eigenvalue weighted by molar-refractivity contribution is -0.138. The first kappa shape index (κ1) is 17.9. The molecule has 1 aromatic carbocycles. The van der Waals surface area contributed by atoms with Gasteiger partial charge in [0.05, 0.1) is 5.56 Å². The van der Waals surface area contributed by atoms with Crippen molar-refractivity contribution in [1.82, 2.24) is 10.6 Å². The molecule has 0 bridgehead atoms. The van der Waals surface area contributed by atoms with Gasteiger partial charge < -0.3 is 10.6 Å². The van der Waals surface area contributed by atoms with Gasteiger partial charge in [0.15, 0.2) is 0 Å². The number of nitrogens with one attached hydrogen (secondary N) is 2. The third-order valence-electron chi connectivity index (χ3n) is 2.53. The van der Waals surface area contributed by atoms with E-state index in [0.717, 1.165) is 12.1 Å². The summed E-state index contributed by atoms with van der Waals surface area (Å²) >= 11 is 0. The van der Waals surface area contributed by atoms with E-state index in [1.54, 1.807) is 5.32 Å². The van der Waals surface area contributed by atoms with E-state index in [4.69, 9.17) is 0 Å². The van der Waals surface area contributed by atoms with Gasteiger partial charge in [0.2, 0.25) is 5.91 Å². The summed E-state index contributed by atoms with van der Waals surface area (Å²) in [5.41, 5.74) is -0.358. The zero-order chi connectivity index (χ0) is 16.8. The van der Waals surface area contributed by atoms with E-state index >= 15 is 0 Å². The van der Waals surface area contributed by atoms with Crippen LogP contribution in [0.1, 0.15) is 23.2 Å². The fourth-order valence-electron chi connectivity index (χ4n) is 1.51. The lowest BCUT2D eigenvalue weighted by Crippen LogP contribution is -2.34. The van der Waals surface area contributed by atoms with Crippen LogP contribution in [0, 0.1) is 11.6 Å². The Morgan fingerprint density at radius 3 is 2.36 bits per heavy atom. The first-order valence-corrected chi connectivity index (χ1v) is 6.26. The maximum atomic E-state index is 13.3. The van der Waals surface area contributed by atoms with Gasteiger partial charge in [-0.05, 0) is 18.6 Å². The van der Waals surface area contributed by atoms with Crippen molar-refractivity contribution >= 4 is 11.8 Å². The lowest BCUT2D eigenvalue weighted by Gasteiger charge is -2.09. The van der Waals surface area contributed by atoms with E-state index in [1.165, 1.54) is 0 Å². The molecule has 0 saturated carbocycles. The van der Waals surface area contributed by atoms with Crippen LogP contribution in [0.2, 0.25) is 0 Å². The summed E-state index contributed by atoms with van der Waals surface area (Å²) in [4.78, 5) is 22.6. The van der Waals surface area contributed by atoms with E-state index < -0.39 is 36.2 Å². The van der Waals surface area contributed by atoms with Crippen molar-refractivity contribution in [3.63, 3.8) is 0 Å². The first-order valence-electron chi connectivity index (χ1n) is 6.26. The Hall–Kier alpha value is -2.19. The number of hydrogen-bond donors (Lipinski definition) is 2. The van der Waals surface area contributed by atoms with Crippen LogP contribution in [-0.2, 0) is 4.79 Å². The quantitative estimate of drug-likeness (QED) is 0.622. The number of alkyl halides is 3. The summed E-state index contributed by atoms with van der Waals surface area (Å²) in [5, 5.41) is 3.96. The summed E-state index contributed by atoms with van der Waals surface area (Å²) in [5.74, 6) is -3.46. The minimum atomic E-state index is -4.48. The van der Waals surface area contributed by atoms with Gasteiger partial charge in [-0.2, -0.15) is 13.2 Å². The highest BCUT2D eigenvalue weighted by atomic mass is 19.4. The van der Waals surface area contributed by atoms with Gasteiger partial charge in [-0.1, -0.05) is 0 Å². The molecule has 9 heteroatoms. The summed E-state index contributed by atoms with van der Waals surface area (Å²) in [6, 6.07) is 2.44. The van der Waals surface area contributed by atoms with Crippen molar-refractivity contribution in [3.8, 4) is 0 Å². The highest BCUT2D eigenvalue weighted by molar-refractivity contribution is 5.94. The molecular weight excluding hydrogens is 311 g/mol. The number of halogens is 5. The van der Waals surface area contributed by atoms with E-state index in [2.05, 4.69) is 5.32 Å². The molecule has 22 heavy (non-hydrogen) atoms. The van der Waals surface area contributed by atoms with E-state index in [-0.39, 0.29) is 24.9 Å². The van der Waals surface area contributed by atoms with Gasteiger partial charge >= 0.3 is 6.18 Å². The molecule has 0 aliphatic rings. The predicted molar refractivity (Wildman–Crippen MR) is 67.0 cm³/mol. The highest BCUT2D eigenvalue weighted by Gasteiger charge is 2.27. The summed E-state index contributed by atoms with van der Waals surface area (Å²) < 4.78 is 61.4. The number of hydrogen-bond acceptors (Lipinski definition) is 2. The van der Waals surface area contributed by atoms with Gasteiger partial charge in [0, 0.05) is 19.0 Å². The van der Waals surface area contributed by atoms with E-state index in [9.17, 15) is 31.5 Å². The van der Waals surface area contributed by atoms with Gasteiger partial charge in [-0.15, -0.1) is 0 Å². The van der Waals surface area contributed by atoms with E-state index in [0.29, 0.717) is 6.07 Å². The van der Waals surface area contributed by atoms with E-state index in [1.807, 2.05) is 0 Å². The fourth-order valence-corrected chi connectivity index (χ4v) is 1.51. The topological polar surface area (TPSA) is 58.2 Å². The largest absolute Gasteiger partial charge is 0.405 e. The maximum absolute atomic E-state index is 13.3. The summed E-state index contributed by atoms with van der Waals surface area (Å²) in [7, 11) is 0. The summed E-state index contributed by atoms with van der Waals surface area (Å²) in [6.45, 7) is -1.45. The first-order chi connectivity index (χ1) is 10.2. The standard InChI is InChI=1S/C13H13F5N2O2/c14-8-3-4-9(10(15)6-8)12(22)19-5-1-2-11(21)20-7-13(16,17)18/h3-4,6H,1-2,5,7H2,(H,19,22)(H,20,21). The molecule has 0 saturated heterocycles. The SMILES string of the molecule is O=C(CCCNC(=O)c1ccc(F)cc1F)NCC(F)(F)F. The number of amides is 2. The Labute approximate surface area is 122 Å². The Morgan fingerprint density at radius 1 is 1.09 bits per heavy atom. The molecular formula is C13H13F5N2O2. The van der Waals surface area contributed by atoms with Crippen LogP contribution < -0.4 is 10.6 Å². The monoisotopic (exact) mass is 324 g/mol. The molecule has 0 radical (unpaired) electrons. The van der Waals surface area contributed by atoms with Gasteiger partial charge in [-0.3, -0.25) is 9.59 Å². The smallest absolute Gasteiger partial charge is 0.352 e. The molecule has 2 N–H and O–H groups in total. The second-order valence-electron chi connectivity index (χ2n) is 4.38. The minimum Gasteiger partial charge on any atom is -0.352 e. The Kier molecular flexibility index (Phi) is 6.26. The lowest BCUT2D eigenvalue weighted by atomic mass is 10.2. The van der Waals surface area contributed by atoms with Crippen LogP contribution in [-0.4, -0.2) is 31.1 Å². The zero-order valence-electron chi connectivity index (χ0n) is 11.3. The van der Waals surface area contributed by atoms with Crippen molar-refractivity contribution in [1.29, 1.82) is 0 Å². The third kappa shape index (κ3) is 6.51. The molecule has 0 heterocycles. The van der Waals surface area contributed by atoms with Gasteiger partial charge in [0.1, 0.15) is 18.2 Å². The van der Waals surface area contributed by atoms with Crippen molar-refractivity contribution in [2.24, 2.45) is 0 Å². The molecule has 1 aromatic rings. The number of carbonyl (C=O) groups excluding carboxylic acids is 2. The highest BCUT2D eigenvalue weighted by Crippen LogP contribution is 2.12. The molecule has 0 fully saturated rings. The molecule has 0 aliphatic carbocycles. The maximum Gasteiger partial charge on any atom is 0.405 e. The van der Waals surface area contributed by atoms with Crippen LogP contribution in [0.25, 0.3) is 0 Å². The van der Waals surface area contributed by atoms with Crippen molar-refractivity contribution in [3.05, 3.63) is 35.4 Å². The molecule has 0 unspecified atom stereocenters. The van der Waals surface area contributed by atoms with Crippen LogP contribution in [0.4, 0.5) is 22.0 Å². The predicted octanol–water partition coefficient (Wildman–Crippen LogP) is 2.15. The Balaban J connectivity index is 2.29. The second kappa shape index (κ2) is 7.71. The molecule has 0 aromatic heterocycles. The number of carbonyl (C=O) groups is 2. The van der Waals surface area contributed by atoms with Crippen molar-refractivity contribution < 1.29 is 31.5 Å². The van der Waals surface area contributed by atoms with Gasteiger partial charge in [0.25, 0.3) is 5.91 Å². The average Bonchev–Trinajstić information content (AvgIpc) is 2.40. The normalized spacial score (nSPS) is 11.1. The van der Waals surface area contributed by atoms with Gasteiger partial charge in [-0.25, -0.2) is 8.78 Å². The van der Waals surface area contributed by atoms with Crippen LogP contribution in [0.5, 0.6) is 0 Å². The van der Waals surface area contributed by atoms with Crippen molar-refractivity contribution in [2.45, 2.75) is 19.0 Å². The molecule has 0 atom stereocenters. The van der Waals surface area contributed by atoms with Crippen LogP contribution in [0.15, 0.2) is 18.2 Å². The molecule has 4 nitrogen and oxygen atoms in total. The zero-order valence-corrected chi connectivity index (χ0v) is 11.3. The average molecular weight is 324 g/mol. The molecule has 1 rings (SSSR count). The number of benzene rings is 1. The Morgan fingerprint density at radius 2 is 1.77 bits per heavy atom. The third-order valence-corrected chi connectivity index (χ3v) is 2.53. The molecule has 2 amide bonds. The summed E-state index contributed by atoms with van der Waals surface area (Å²) in [6.07, 6.45) is -4.62. The molecule has 0 spiro atoms. The second-order valence-corrected chi connectivity index (χ2v) is 4.38. The van der Waals surface area contributed by atoms with Crippen molar-refractivity contribution in [2.75, 3.05) is 13.1 Å². The molecule has 122 valence electrons. The minimum absolute atomic E-state index is 0.0327. The Bertz CT molecular complexity index is 546.